The first-order valence-electron chi connectivity index (χ1n) is 13.6. The first-order valence-corrected chi connectivity index (χ1v) is 13.6. The standard InChI is InChI=1S/C28H41N3O4.ClH/c1-3-5-17-31-25(32)24(20-21-9-7-6-8-10-21)29-27(34)28(31)15-18-30(19-16-28)23-13-11-22(12-14-23)26(33)35-4-2;/h11-14,21,24H,3-10,15-20H2,1-2H3,(H,29,34);1H/t24-;/m0./s1. The van der Waals surface area contributed by atoms with Gasteiger partial charge in [0, 0.05) is 25.3 Å². The number of nitrogens with one attached hydrogen (secondary N) is 1. The van der Waals surface area contributed by atoms with Gasteiger partial charge in [0.05, 0.1) is 12.2 Å². The van der Waals surface area contributed by atoms with Gasteiger partial charge in [-0.3, -0.25) is 9.59 Å². The molecule has 2 aliphatic heterocycles. The number of unbranched alkanes of at least 4 members (excludes halogenated alkanes) is 1. The van der Waals surface area contributed by atoms with Gasteiger partial charge >= 0.3 is 5.97 Å². The molecule has 2 amide bonds. The van der Waals surface area contributed by atoms with Crippen molar-refractivity contribution in [3.8, 4) is 0 Å². The van der Waals surface area contributed by atoms with Gasteiger partial charge in [-0.25, -0.2) is 4.79 Å². The fourth-order valence-corrected chi connectivity index (χ4v) is 6.09. The minimum Gasteiger partial charge on any atom is -0.462 e. The van der Waals surface area contributed by atoms with Crippen LogP contribution in [0.4, 0.5) is 5.69 Å². The van der Waals surface area contributed by atoms with Gasteiger partial charge in [0.1, 0.15) is 11.6 Å². The Morgan fingerprint density at radius 1 is 1.06 bits per heavy atom. The third-order valence-corrected chi connectivity index (χ3v) is 8.17. The van der Waals surface area contributed by atoms with E-state index in [1.54, 1.807) is 19.1 Å². The molecular formula is C28H42ClN3O4. The van der Waals surface area contributed by atoms with Crippen LogP contribution in [0.2, 0.25) is 0 Å². The predicted octanol–water partition coefficient (Wildman–Crippen LogP) is 4.72. The number of halogens is 1. The third-order valence-electron chi connectivity index (χ3n) is 8.17. The van der Waals surface area contributed by atoms with Crippen molar-refractivity contribution in [2.75, 3.05) is 31.1 Å². The van der Waals surface area contributed by atoms with Gasteiger partial charge in [0.25, 0.3) is 0 Å². The van der Waals surface area contributed by atoms with E-state index in [2.05, 4.69) is 17.1 Å². The minimum absolute atomic E-state index is 0. The Hall–Kier alpha value is -2.28. The molecule has 3 aliphatic rings. The van der Waals surface area contributed by atoms with E-state index in [1.807, 2.05) is 17.0 Å². The minimum atomic E-state index is -0.753. The van der Waals surface area contributed by atoms with E-state index in [-0.39, 0.29) is 36.2 Å². The monoisotopic (exact) mass is 519 g/mol. The lowest BCUT2D eigenvalue weighted by molar-refractivity contribution is -0.160. The van der Waals surface area contributed by atoms with Crippen LogP contribution in [-0.4, -0.2) is 60.5 Å². The summed E-state index contributed by atoms with van der Waals surface area (Å²) in [5.74, 6) is 0.380. The van der Waals surface area contributed by atoms with Crippen LogP contribution in [0.5, 0.6) is 0 Å². The molecular weight excluding hydrogens is 478 g/mol. The summed E-state index contributed by atoms with van der Waals surface area (Å²) in [6, 6.07) is 7.08. The highest BCUT2D eigenvalue weighted by molar-refractivity contribution is 6.00. The van der Waals surface area contributed by atoms with E-state index in [4.69, 9.17) is 4.74 Å². The largest absolute Gasteiger partial charge is 0.462 e. The Morgan fingerprint density at radius 3 is 2.33 bits per heavy atom. The first kappa shape index (κ1) is 28.3. The van der Waals surface area contributed by atoms with Crippen molar-refractivity contribution < 1.29 is 19.1 Å². The Kier molecular flexibility index (Phi) is 10.1. The molecule has 1 aromatic rings. The number of carbonyl (C=O) groups is 3. The maximum atomic E-state index is 13.7. The number of piperazine rings is 1. The zero-order chi connectivity index (χ0) is 24.8. The molecule has 7 nitrogen and oxygen atoms in total. The number of hydrogen-bond acceptors (Lipinski definition) is 5. The summed E-state index contributed by atoms with van der Waals surface area (Å²) in [7, 11) is 0. The van der Waals surface area contributed by atoms with E-state index >= 15 is 0 Å². The zero-order valence-corrected chi connectivity index (χ0v) is 22.6. The third kappa shape index (κ3) is 5.99. The number of carbonyl (C=O) groups excluding carboxylic acids is 3. The number of hydrogen-bond donors (Lipinski definition) is 1. The predicted molar refractivity (Wildman–Crippen MR) is 144 cm³/mol. The van der Waals surface area contributed by atoms with Crippen LogP contribution in [0.3, 0.4) is 0 Å². The smallest absolute Gasteiger partial charge is 0.338 e. The molecule has 1 aromatic carbocycles. The molecule has 2 heterocycles. The topological polar surface area (TPSA) is 79.0 Å². The second kappa shape index (κ2) is 12.8. The van der Waals surface area contributed by atoms with Crippen LogP contribution in [0.15, 0.2) is 24.3 Å². The molecule has 1 aliphatic carbocycles. The van der Waals surface area contributed by atoms with Gasteiger partial charge in [-0.2, -0.15) is 0 Å². The molecule has 200 valence electrons. The average Bonchev–Trinajstić information content (AvgIpc) is 2.89. The lowest BCUT2D eigenvalue weighted by Crippen LogP contribution is -2.73. The van der Waals surface area contributed by atoms with Crippen LogP contribution in [0.1, 0.15) is 88.4 Å². The number of amides is 2. The van der Waals surface area contributed by atoms with Crippen LogP contribution < -0.4 is 10.2 Å². The normalized spacial score (nSPS) is 22.2. The van der Waals surface area contributed by atoms with Crippen molar-refractivity contribution in [2.24, 2.45) is 5.92 Å². The van der Waals surface area contributed by atoms with Crippen LogP contribution in [-0.2, 0) is 14.3 Å². The molecule has 4 rings (SSSR count). The highest BCUT2D eigenvalue weighted by Crippen LogP contribution is 2.37. The summed E-state index contributed by atoms with van der Waals surface area (Å²) >= 11 is 0. The molecule has 1 N–H and O–H groups in total. The summed E-state index contributed by atoms with van der Waals surface area (Å²) in [4.78, 5) is 43.4. The fraction of sp³-hybridized carbons (Fsp3) is 0.679. The summed E-state index contributed by atoms with van der Waals surface area (Å²) in [5.41, 5.74) is 0.804. The van der Waals surface area contributed by atoms with E-state index < -0.39 is 5.54 Å². The van der Waals surface area contributed by atoms with Crippen LogP contribution in [0, 0.1) is 5.92 Å². The van der Waals surface area contributed by atoms with E-state index in [1.165, 1.54) is 32.1 Å². The number of anilines is 1. The number of nitrogens with zero attached hydrogens (tertiary/aromatic N) is 2. The molecule has 1 saturated carbocycles. The molecule has 3 fully saturated rings. The molecule has 1 spiro atoms. The zero-order valence-electron chi connectivity index (χ0n) is 21.8. The molecule has 8 heteroatoms. The van der Waals surface area contributed by atoms with Gasteiger partial charge in [-0.1, -0.05) is 45.4 Å². The van der Waals surface area contributed by atoms with Crippen molar-refractivity contribution in [3.63, 3.8) is 0 Å². The van der Waals surface area contributed by atoms with Crippen molar-refractivity contribution in [1.82, 2.24) is 10.2 Å². The number of esters is 1. The van der Waals surface area contributed by atoms with E-state index in [9.17, 15) is 14.4 Å². The molecule has 0 unspecified atom stereocenters. The number of piperidine rings is 1. The van der Waals surface area contributed by atoms with Crippen molar-refractivity contribution in [2.45, 2.75) is 89.6 Å². The maximum Gasteiger partial charge on any atom is 0.338 e. The van der Waals surface area contributed by atoms with Crippen molar-refractivity contribution in [1.29, 1.82) is 0 Å². The lowest BCUT2D eigenvalue weighted by atomic mass is 9.79. The van der Waals surface area contributed by atoms with Gasteiger partial charge < -0.3 is 19.9 Å². The summed E-state index contributed by atoms with van der Waals surface area (Å²) < 4.78 is 5.08. The Balaban J connectivity index is 0.00000361. The van der Waals surface area contributed by atoms with Gasteiger partial charge in [0.15, 0.2) is 0 Å². The summed E-state index contributed by atoms with van der Waals surface area (Å²) in [6.07, 6.45) is 10.0. The van der Waals surface area contributed by atoms with Crippen LogP contribution in [0.25, 0.3) is 0 Å². The van der Waals surface area contributed by atoms with Gasteiger partial charge in [-0.05, 0) is 62.8 Å². The highest BCUT2D eigenvalue weighted by Gasteiger charge is 2.53. The highest BCUT2D eigenvalue weighted by atomic mass is 35.5. The first-order chi connectivity index (χ1) is 17.0. The fourth-order valence-electron chi connectivity index (χ4n) is 6.09. The van der Waals surface area contributed by atoms with E-state index in [0.717, 1.165) is 24.9 Å². The second-order valence-corrected chi connectivity index (χ2v) is 10.4. The number of rotatable bonds is 8. The van der Waals surface area contributed by atoms with Crippen LogP contribution >= 0.6 is 12.4 Å². The van der Waals surface area contributed by atoms with E-state index in [0.29, 0.717) is 50.6 Å². The lowest BCUT2D eigenvalue weighted by Gasteiger charge is -2.52. The molecule has 0 radical (unpaired) electrons. The quantitative estimate of drug-likeness (QED) is 0.503. The number of benzene rings is 1. The average molecular weight is 520 g/mol. The summed E-state index contributed by atoms with van der Waals surface area (Å²) in [5, 5.41) is 3.17. The Labute approximate surface area is 221 Å². The molecule has 0 bridgehead atoms. The molecule has 1 atom stereocenters. The Bertz CT molecular complexity index is 893. The summed E-state index contributed by atoms with van der Waals surface area (Å²) in [6.45, 7) is 6.31. The van der Waals surface area contributed by atoms with Crippen molar-refractivity contribution in [3.05, 3.63) is 29.8 Å². The van der Waals surface area contributed by atoms with Gasteiger partial charge in [-0.15, -0.1) is 12.4 Å². The second-order valence-electron chi connectivity index (χ2n) is 10.4. The Morgan fingerprint density at radius 2 is 1.72 bits per heavy atom. The molecule has 0 aromatic heterocycles. The number of ether oxygens (including phenoxy) is 1. The SMILES string of the molecule is CCCCN1C(=O)[C@H](CC2CCCCC2)NC(=O)C12CCN(c1ccc(C(=O)OCC)cc1)CC2.Cl. The maximum absolute atomic E-state index is 13.7. The van der Waals surface area contributed by atoms with Crippen molar-refractivity contribution >= 4 is 35.9 Å². The molecule has 2 saturated heterocycles. The van der Waals surface area contributed by atoms with Gasteiger partial charge in [0.2, 0.25) is 11.8 Å². The molecule has 36 heavy (non-hydrogen) atoms.